The summed E-state index contributed by atoms with van der Waals surface area (Å²) in [5.41, 5.74) is 1.90. The Hall–Kier alpha value is -2.49. The third-order valence-electron chi connectivity index (χ3n) is 3.18. The summed E-state index contributed by atoms with van der Waals surface area (Å²) < 4.78 is 16.3. The first kappa shape index (κ1) is 13.5. The van der Waals surface area contributed by atoms with Crippen LogP contribution >= 0.6 is 0 Å². The second-order valence-electron chi connectivity index (χ2n) is 4.95. The Labute approximate surface area is 123 Å². The molecule has 0 radical (unpaired) electrons. The van der Waals surface area contributed by atoms with Gasteiger partial charge in [0.05, 0.1) is 6.42 Å². The van der Waals surface area contributed by atoms with Crippen LogP contribution in [0.3, 0.4) is 0 Å². The van der Waals surface area contributed by atoms with E-state index in [1.54, 1.807) is 6.07 Å². The number of hydrogen-bond acceptors (Lipinski definition) is 4. The van der Waals surface area contributed by atoms with Crippen LogP contribution in [0.5, 0.6) is 17.2 Å². The predicted molar refractivity (Wildman–Crippen MR) is 78.0 cm³/mol. The van der Waals surface area contributed by atoms with Gasteiger partial charge in [-0.3, -0.25) is 4.79 Å². The molecule has 4 nitrogen and oxygen atoms in total. The van der Waals surface area contributed by atoms with E-state index in [4.69, 9.17) is 14.2 Å². The summed E-state index contributed by atoms with van der Waals surface area (Å²) in [5.74, 6) is 1.67. The fourth-order valence-corrected chi connectivity index (χ4v) is 2.21. The Morgan fingerprint density at radius 2 is 1.90 bits per heavy atom. The van der Waals surface area contributed by atoms with Crippen molar-refractivity contribution in [1.82, 2.24) is 0 Å². The summed E-state index contributed by atoms with van der Waals surface area (Å²) in [6, 6.07) is 12.9. The molecule has 2 aromatic carbocycles. The maximum atomic E-state index is 12.0. The molecular formula is C17H16O4. The molecule has 0 saturated heterocycles. The van der Waals surface area contributed by atoms with Gasteiger partial charge >= 0.3 is 5.97 Å². The molecule has 2 aromatic rings. The van der Waals surface area contributed by atoms with Gasteiger partial charge in [-0.25, -0.2) is 0 Å². The van der Waals surface area contributed by atoms with Crippen LogP contribution in [0.2, 0.25) is 0 Å². The molecule has 0 fully saturated rings. The standard InChI is InChI=1S/C17H16O4/c1-12-3-2-4-14(9-12)21-17(18)11-13-5-6-15-16(10-13)20-8-7-19-15/h2-6,9-10H,7-8,11H2,1H3. The van der Waals surface area contributed by atoms with Gasteiger partial charge in [0.25, 0.3) is 0 Å². The Kier molecular flexibility index (Phi) is 3.77. The summed E-state index contributed by atoms with van der Waals surface area (Å²) in [6.45, 7) is 3.05. The van der Waals surface area contributed by atoms with E-state index in [2.05, 4.69) is 0 Å². The molecule has 1 heterocycles. The molecule has 1 aliphatic heterocycles. The zero-order valence-corrected chi connectivity index (χ0v) is 11.8. The van der Waals surface area contributed by atoms with Crippen LogP contribution in [-0.4, -0.2) is 19.2 Å². The Morgan fingerprint density at radius 3 is 2.71 bits per heavy atom. The minimum atomic E-state index is -0.294. The van der Waals surface area contributed by atoms with E-state index in [0.29, 0.717) is 24.7 Å². The molecule has 0 atom stereocenters. The van der Waals surface area contributed by atoms with Gasteiger partial charge in [-0.05, 0) is 42.3 Å². The van der Waals surface area contributed by atoms with E-state index in [0.717, 1.165) is 16.9 Å². The van der Waals surface area contributed by atoms with E-state index in [1.165, 1.54) is 0 Å². The number of fused-ring (bicyclic) bond motifs is 1. The summed E-state index contributed by atoms with van der Waals surface area (Å²) in [7, 11) is 0. The van der Waals surface area contributed by atoms with E-state index in [-0.39, 0.29) is 12.4 Å². The highest BCUT2D eigenvalue weighted by molar-refractivity contribution is 5.75. The molecule has 0 N–H and O–H groups in total. The normalized spacial score (nSPS) is 12.8. The SMILES string of the molecule is Cc1cccc(OC(=O)Cc2ccc3c(c2)OCCO3)c1. The second kappa shape index (κ2) is 5.87. The highest BCUT2D eigenvalue weighted by Gasteiger charge is 2.14. The Morgan fingerprint density at radius 1 is 1.10 bits per heavy atom. The quantitative estimate of drug-likeness (QED) is 0.642. The lowest BCUT2D eigenvalue weighted by molar-refractivity contribution is -0.133. The number of carbonyl (C=O) groups is 1. The fraction of sp³-hybridized carbons (Fsp3) is 0.235. The molecule has 4 heteroatoms. The third-order valence-corrected chi connectivity index (χ3v) is 3.18. The van der Waals surface area contributed by atoms with Crippen molar-refractivity contribution in [2.45, 2.75) is 13.3 Å². The monoisotopic (exact) mass is 284 g/mol. The number of hydrogen-bond donors (Lipinski definition) is 0. The van der Waals surface area contributed by atoms with Crippen LogP contribution in [0.1, 0.15) is 11.1 Å². The fourth-order valence-electron chi connectivity index (χ4n) is 2.21. The van der Waals surface area contributed by atoms with Crippen LogP contribution in [0.15, 0.2) is 42.5 Å². The van der Waals surface area contributed by atoms with Gasteiger partial charge in [-0.15, -0.1) is 0 Å². The highest BCUT2D eigenvalue weighted by Crippen LogP contribution is 2.30. The van der Waals surface area contributed by atoms with Gasteiger partial charge < -0.3 is 14.2 Å². The molecule has 21 heavy (non-hydrogen) atoms. The van der Waals surface area contributed by atoms with Crippen molar-refractivity contribution in [1.29, 1.82) is 0 Å². The van der Waals surface area contributed by atoms with Crippen molar-refractivity contribution in [3.05, 3.63) is 53.6 Å². The third kappa shape index (κ3) is 3.34. The molecule has 1 aliphatic rings. The lowest BCUT2D eigenvalue weighted by atomic mass is 10.1. The number of rotatable bonds is 3. The van der Waals surface area contributed by atoms with Crippen molar-refractivity contribution < 1.29 is 19.0 Å². The average molecular weight is 284 g/mol. The van der Waals surface area contributed by atoms with Crippen LogP contribution in [0, 0.1) is 6.92 Å². The average Bonchev–Trinajstić information content (AvgIpc) is 2.47. The van der Waals surface area contributed by atoms with Crippen LogP contribution in [-0.2, 0) is 11.2 Å². The van der Waals surface area contributed by atoms with Gasteiger partial charge in [0.1, 0.15) is 19.0 Å². The van der Waals surface area contributed by atoms with E-state index < -0.39 is 0 Å². The van der Waals surface area contributed by atoms with Crippen molar-refractivity contribution >= 4 is 5.97 Å². The van der Waals surface area contributed by atoms with Crippen LogP contribution in [0.25, 0.3) is 0 Å². The Balaban J connectivity index is 1.67. The molecule has 3 rings (SSSR count). The first-order valence-corrected chi connectivity index (χ1v) is 6.86. The summed E-state index contributed by atoms with van der Waals surface area (Å²) in [6.07, 6.45) is 0.199. The molecule has 0 amide bonds. The van der Waals surface area contributed by atoms with Gasteiger partial charge in [0.2, 0.25) is 0 Å². The van der Waals surface area contributed by atoms with E-state index in [1.807, 2.05) is 43.3 Å². The minimum absolute atomic E-state index is 0.199. The zero-order chi connectivity index (χ0) is 14.7. The molecular weight excluding hydrogens is 268 g/mol. The number of aryl methyl sites for hydroxylation is 1. The van der Waals surface area contributed by atoms with Crippen molar-refractivity contribution in [3.63, 3.8) is 0 Å². The smallest absolute Gasteiger partial charge is 0.315 e. The number of benzene rings is 2. The molecule has 0 bridgehead atoms. The maximum absolute atomic E-state index is 12.0. The Bertz CT molecular complexity index is 664. The van der Waals surface area contributed by atoms with Crippen molar-refractivity contribution in [2.24, 2.45) is 0 Å². The molecule has 0 aromatic heterocycles. The molecule has 0 spiro atoms. The highest BCUT2D eigenvalue weighted by atomic mass is 16.6. The molecule has 0 aliphatic carbocycles. The second-order valence-corrected chi connectivity index (χ2v) is 4.95. The minimum Gasteiger partial charge on any atom is -0.486 e. The lowest BCUT2D eigenvalue weighted by Gasteiger charge is -2.18. The predicted octanol–water partition coefficient (Wildman–Crippen LogP) is 2.91. The van der Waals surface area contributed by atoms with Crippen LogP contribution in [0.4, 0.5) is 0 Å². The van der Waals surface area contributed by atoms with Crippen molar-refractivity contribution in [3.8, 4) is 17.2 Å². The summed E-state index contributed by atoms with van der Waals surface area (Å²) in [5, 5.41) is 0. The number of esters is 1. The molecule has 0 saturated carbocycles. The largest absolute Gasteiger partial charge is 0.486 e. The van der Waals surface area contributed by atoms with Gasteiger partial charge in [0.15, 0.2) is 11.5 Å². The zero-order valence-electron chi connectivity index (χ0n) is 11.8. The lowest BCUT2D eigenvalue weighted by Crippen LogP contribution is -2.16. The molecule has 108 valence electrons. The molecule has 0 unspecified atom stereocenters. The summed E-state index contributed by atoms with van der Waals surface area (Å²) >= 11 is 0. The maximum Gasteiger partial charge on any atom is 0.315 e. The van der Waals surface area contributed by atoms with Gasteiger partial charge in [0, 0.05) is 0 Å². The first-order valence-electron chi connectivity index (χ1n) is 6.86. The number of carbonyl (C=O) groups excluding carboxylic acids is 1. The summed E-state index contributed by atoms with van der Waals surface area (Å²) in [4.78, 5) is 12.0. The number of ether oxygens (including phenoxy) is 3. The van der Waals surface area contributed by atoms with Gasteiger partial charge in [-0.2, -0.15) is 0 Å². The first-order chi connectivity index (χ1) is 10.2. The van der Waals surface area contributed by atoms with E-state index in [9.17, 15) is 4.79 Å². The van der Waals surface area contributed by atoms with Crippen LogP contribution < -0.4 is 14.2 Å². The van der Waals surface area contributed by atoms with Crippen molar-refractivity contribution in [2.75, 3.05) is 13.2 Å². The van der Waals surface area contributed by atoms with E-state index >= 15 is 0 Å². The van der Waals surface area contributed by atoms with Gasteiger partial charge in [-0.1, -0.05) is 18.2 Å². The topological polar surface area (TPSA) is 44.8 Å².